The van der Waals surface area contributed by atoms with Gasteiger partial charge in [0, 0.05) is 24.9 Å². The summed E-state index contributed by atoms with van der Waals surface area (Å²) in [5, 5.41) is 12.5. The molecule has 0 spiro atoms. The van der Waals surface area contributed by atoms with Crippen molar-refractivity contribution in [3.05, 3.63) is 29.8 Å². The van der Waals surface area contributed by atoms with E-state index >= 15 is 0 Å². The lowest BCUT2D eigenvalue weighted by molar-refractivity contribution is -0.136. The summed E-state index contributed by atoms with van der Waals surface area (Å²) in [5.41, 5.74) is 11.2. The Labute approximate surface area is 284 Å². The summed E-state index contributed by atoms with van der Waals surface area (Å²) in [4.78, 5) is 108. The fraction of sp³-hybridized carbons (Fsp3) is 0.519. The zero-order chi connectivity index (χ0) is 36.2. The minimum atomic E-state index is -4.84. The number of phosphoric acid groups is 1. The van der Waals surface area contributed by atoms with Crippen LogP contribution in [0.1, 0.15) is 39.2 Å². The summed E-state index contributed by atoms with van der Waals surface area (Å²) in [6.45, 7) is 4.58. The van der Waals surface area contributed by atoms with E-state index < -0.39 is 91.7 Å². The van der Waals surface area contributed by atoms with Gasteiger partial charge in [-0.25, -0.2) is 4.57 Å². The van der Waals surface area contributed by atoms with Crippen LogP contribution in [0.3, 0.4) is 0 Å². The molecule has 1 saturated heterocycles. The topological polar surface area (TPSA) is 298 Å². The molecule has 1 aromatic carbocycles. The number of primary amides is 2. The Hall–Kier alpha value is -3.84. The summed E-state index contributed by atoms with van der Waals surface area (Å²) < 4.78 is 15.7. The zero-order valence-corrected chi connectivity index (χ0v) is 28.8. The highest BCUT2D eigenvalue weighted by Gasteiger charge is 2.35. The normalized spacial score (nSPS) is 24.1. The molecule has 2 rings (SSSR count). The van der Waals surface area contributed by atoms with Crippen LogP contribution in [0.2, 0.25) is 0 Å². The molecule has 1 heterocycles. The molecular formula is C27H40N7O11PS2. The molecule has 1 aromatic rings. The van der Waals surface area contributed by atoms with Crippen LogP contribution in [0, 0.1) is 5.92 Å². The van der Waals surface area contributed by atoms with Gasteiger partial charge in [0.05, 0.1) is 6.42 Å². The molecule has 0 aliphatic carbocycles. The molecule has 21 heteroatoms. The third kappa shape index (κ3) is 13.7. The van der Waals surface area contributed by atoms with Crippen molar-refractivity contribution in [3.63, 3.8) is 0 Å². The number of carbonyl (C=O) groups is 7. The van der Waals surface area contributed by atoms with Crippen LogP contribution in [0.5, 0.6) is 5.75 Å². The fourth-order valence-electron chi connectivity index (χ4n) is 4.30. The molecule has 18 nitrogen and oxygen atoms in total. The van der Waals surface area contributed by atoms with Crippen LogP contribution in [-0.2, 0) is 44.5 Å². The minimum absolute atomic E-state index is 0.0436. The molecule has 1 aliphatic rings. The largest absolute Gasteiger partial charge is 0.524 e. The van der Waals surface area contributed by atoms with Gasteiger partial charge in [0.2, 0.25) is 41.4 Å². The molecule has 1 fully saturated rings. The average Bonchev–Trinajstić information content (AvgIpc) is 2.98. The van der Waals surface area contributed by atoms with Gasteiger partial charge >= 0.3 is 7.82 Å². The van der Waals surface area contributed by atoms with E-state index in [1.807, 2.05) is 0 Å². The summed E-state index contributed by atoms with van der Waals surface area (Å²) >= 11 is 0. The molecule has 1 aliphatic heterocycles. The Morgan fingerprint density at radius 3 is 2.06 bits per heavy atom. The third-order valence-corrected chi connectivity index (χ3v) is 9.83. The average molecular weight is 734 g/mol. The fourth-order valence-corrected chi connectivity index (χ4v) is 7.03. The number of hydrogen-bond donors (Lipinski definition) is 9. The van der Waals surface area contributed by atoms with E-state index in [1.165, 1.54) is 31.2 Å². The first-order chi connectivity index (χ1) is 22.4. The van der Waals surface area contributed by atoms with Crippen molar-refractivity contribution in [2.24, 2.45) is 17.4 Å². The van der Waals surface area contributed by atoms with Crippen LogP contribution >= 0.6 is 29.4 Å². The van der Waals surface area contributed by atoms with Crippen molar-refractivity contribution in [3.8, 4) is 5.75 Å². The second-order valence-corrected chi connectivity index (χ2v) is 14.6. The predicted molar refractivity (Wildman–Crippen MR) is 176 cm³/mol. The maximum Gasteiger partial charge on any atom is 0.524 e. The first kappa shape index (κ1) is 40.3. The second kappa shape index (κ2) is 18.6. The Kier molecular flexibility index (Phi) is 15.7. The Bertz CT molecular complexity index is 1410. The predicted octanol–water partition coefficient (Wildman–Crippen LogP) is -2.05. The first-order valence-corrected chi connectivity index (χ1v) is 18.6. The SMILES string of the molecule is CC[C@H](C)[C@@H]1NC(=O)[C@H](Cc2ccc(OP(=O)(O)O)cc2)NC(=O)[C@@H](NC(C)=O)CSSC[C@@H](C(N)=O)NC(=O)[C@H](CC(N)=O)NC1=O. The van der Waals surface area contributed by atoms with E-state index in [0.29, 0.717) is 12.0 Å². The molecule has 6 atom stereocenters. The monoisotopic (exact) mass is 733 g/mol. The van der Waals surface area contributed by atoms with Crippen LogP contribution in [0.25, 0.3) is 0 Å². The Morgan fingerprint density at radius 2 is 1.52 bits per heavy atom. The maximum absolute atomic E-state index is 13.8. The zero-order valence-electron chi connectivity index (χ0n) is 26.3. The van der Waals surface area contributed by atoms with Crippen molar-refractivity contribution in [2.75, 3.05) is 11.5 Å². The van der Waals surface area contributed by atoms with Gasteiger partial charge in [0.25, 0.3) is 0 Å². The molecule has 0 saturated carbocycles. The van der Waals surface area contributed by atoms with E-state index in [9.17, 15) is 38.1 Å². The van der Waals surface area contributed by atoms with Gasteiger partial charge < -0.3 is 42.6 Å². The summed E-state index contributed by atoms with van der Waals surface area (Å²) in [6.07, 6.45) is -0.443. The van der Waals surface area contributed by atoms with E-state index in [2.05, 4.69) is 31.1 Å². The lowest BCUT2D eigenvalue weighted by Crippen LogP contribution is -2.61. The highest BCUT2D eigenvalue weighted by atomic mass is 33.1. The second-order valence-electron chi connectivity index (χ2n) is 10.9. The smallest absolute Gasteiger partial charge is 0.404 e. The van der Waals surface area contributed by atoms with Crippen LogP contribution in [0.4, 0.5) is 0 Å². The van der Waals surface area contributed by atoms with Crippen molar-refractivity contribution < 1.29 is 52.4 Å². The van der Waals surface area contributed by atoms with E-state index in [-0.39, 0.29) is 23.7 Å². The van der Waals surface area contributed by atoms with Gasteiger partial charge in [0.1, 0.15) is 36.0 Å². The number of nitrogens with two attached hydrogens (primary N) is 2. The summed E-state index contributed by atoms with van der Waals surface area (Å²) in [5.74, 6) is -6.58. The molecule has 0 radical (unpaired) electrons. The Morgan fingerprint density at radius 1 is 0.938 bits per heavy atom. The maximum atomic E-state index is 13.8. The van der Waals surface area contributed by atoms with Crippen molar-refractivity contribution in [2.45, 2.75) is 70.2 Å². The molecule has 266 valence electrons. The lowest BCUT2D eigenvalue weighted by atomic mass is 9.96. The molecule has 0 bridgehead atoms. The van der Waals surface area contributed by atoms with Gasteiger partial charge in [-0.1, -0.05) is 54.0 Å². The highest BCUT2D eigenvalue weighted by molar-refractivity contribution is 8.76. The quantitative estimate of drug-likeness (QED) is 0.0925. The van der Waals surface area contributed by atoms with Crippen LogP contribution in [-0.4, -0.2) is 92.9 Å². The summed E-state index contributed by atoms with van der Waals surface area (Å²) in [7, 11) is -2.74. The number of hydrogen-bond acceptors (Lipinski definition) is 11. The standard InChI is InChI=1S/C27H40N7O11PS2/c1-4-13(2)22-27(41)32-18(10-21(28)36)24(38)33-19(23(29)37)11-47-48-12-20(30-14(3)35)26(40)31-17(25(39)34-22)9-15-5-7-16(8-6-15)45-46(42,43)44/h5-8,13,17-20,22H,4,9-12H2,1-3H3,(H2,28,36)(H2,29,37)(H,30,35)(H,31,40)(H,32,41)(H,33,38)(H,34,39)(H2,42,43,44)/t13-,17-,18-,19-,20-,22-/m0/s1. The van der Waals surface area contributed by atoms with E-state index in [1.54, 1.807) is 13.8 Å². The van der Waals surface area contributed by atoms with Crippen molar-refractivity contribution in [1.82, 2.24) is 26.6 Å². The summed E-state index contributed by atoms with van der Waals surface area (Å²) in [6, 6.07) is -1.26. The molecule has 48 heavy (non-hydrogen) atoms. The number of carbonyl (C=O) groups excluding carboxylic acids is 7. The number of rotatable bonds is 10. The number of nitrogens with one attached hydrogen (secondary N) is 5. The molecule has 0 unspecified atom stereocenters. The lowest BCUT2D eigenvalue weighted by Gasteiger charge is -2.29. The highest BCUT2D eigenvalue weighted by Crippen LogP contribution is 2.37. The number of phosphoric ester groups is 1. The molecule has 0 aromatic heterocycles. The van der Waals surface area contributed by atoms with E-state index in [4.69, 9.17) is 21.3 Å². The molecular weight excluding hydrogens is 693 g/mol. The molecule has 7 amide bonds. The Balaban J connectivity index is 2.54. The third-order valence-electron chi connectivity index (χ3n) is 6.96. The van der Waals surface area contributed by atoms with Crippen molar-refractivity contribution >= 4 is 70.8 Å². The van der Waals surface area contributed by atoms with Crippen molar-refractivity contribution in [1.29, 1.82) is 0 Å². The minimum Gasteiger partial charge on any atom is -0.404 e. The van der Waals surface area contributed by atoms with E-state index in [0.717, 1.165) is 21.6 Å². The number of amides is 7. The molecule has 11 N–H and O–H groups in total. The van der Waals surface area contributed by atoms with Crippen LogP contribution < -0.4 is 42.6 Å². The first-order valence-electron chi connectivity index (χ1n) is 14.5. The number of benzene rings is 1. The van der Waals surface area contributed by atoms with Gasteiger partial charge in [0.15, 0.2) is 0 Å². The van der Waals surface area contributed by atoms with Gasteiger partial charge in [-0.05, 0) is 23.6 Å². The van der Waals surface area contributed by atoms with Gasteiger partial charge in [-0.15, -0.1) is 0 Å². The van der Waals surface area contributed by atoms with Gasteiger partial charge in [-0.3, -0.25) is 43.3 Å². The van der Waals surface area contributed by atoms with Crippen LogP contribution in [0.15, 0.2) is 24.3 Å². The van der Waals surface area contributed by atoms with Gasteiger partial charge in [-0.2, -0.15) is 0 Å².